The van der Waals surface area contributed by atoms with Gasteiger partial charge in [-0.15, -0.1) is 0 Å². The fraction of sp³-hybridized carbons (Fsp3) is 0.478. The average Bonchev–Trinajstić information content (AvgIpc) is 2.73. The van der Waals surface area contributed by atoms with Crippen LogP contribution in [0.3, 0.4) is 0 Å². The lowest BCUT2D eigenvalue weighted by atomic mass is 9.71. The molecule has 29 heavy (non-hydrogen) atoms. The van der Waals surface area contributed by atoms with Gasteiger partial charge in [0, 0.05) is 12.6 Å². The molecule has 4 nitrogen and oxygen atoms in total. The van der Waals surface area contributed by atoms with Crippen LogP contribution in [-0.4, -0.2) is 43.9 Å². The maximum absolute atomic E-state index is 13.5. The molecule has 0 amide bonds. The van der Waals surface area contributed by atoms with E-state index in [4.69, 9.17) is 4.74 Å². The highest BCUT2D eigenvalue weighted by molar-refractivity contribution is 7.99. The van der Waals surface area contributed by atoms with Gasteiger partial charge in [0.2, 0.25) is 10.0 Å². The molecule has 1 aliphatic heterocycles. The van der Waals surface area contributed by atoms with E-state index in [1.807, 2.05) is 36.9 Å². The van der Waals surface area contributed by atoms with E-state index in [1.54, 1.807) is 23.5 Å². The highest BCUT2D eigenvalue weighted by atomic mass is 32.2. The summed E-state index contributed by atoms with van der Waals surface area (Å²) >= 11 is 1.90. The molecule has 0 radical (unpaired) electrons. The number of aryl methyl sites for hydroxylation is 1. The summed E-state index contributed by atoms with van der Waals surface area (Å²) in [6, 6.07) is 13.6. The van der Waals surface area contributed by atoms with Crippen LogP contribution in [-0.2, 0) is 16.4 Å². The van der Waals surface area contributed by atoms with Gasteiger partial charge in [-0.2, -0.15) is 16.1 Å². The summed E-state index contributed by atoms with van der Waals surface area (Å²) in [4.78, 5) is 0.406. The van der Waals surface area contributed by atoms with E-state index in [1.165, 1.54) is 11.1 Å². The Morgan fingerprint density at radius 2 is 1.93 bits per heavy atom. The Bertz CT molecular complexity index is 972. The molecule has 0 unspecified atom stereocenters. The molecule has 0 N–H and O–H groups in total. The van der Waals surface area contributed by atoms with E-state index in [2.05, 4.69) is 19.1 Å². The van der Waals surface area contributed by atoms with Gasteiger partial charge >= 0.3 is 0 Å². The van der Waals surface area contributed by atoms with Crippen LogP contribution < -0.4 is 4.74 Å². The van der Waals surface area contributed by atoms with Crippen molar-refractivity contribution in [3.63, 3.8) is 0 Å². The zero-order valence-corrected chi connectivity index (χ0v) is 18.9. The Hall–Kier alpha value is -1.50. The van der Waals surface area contributed by atoms with Crippen molar-refractivity contribution >= 4 is 21.8 Å². The maximum Gasteiger partial charge on any atom is 0.243 e. The van der Waals surface area contributed by atoms with Crippen LogP contribution in [0.1, 0.15) is 36.0 Å². The summed E-state index contributed by atoms with van der Waals surface area (Å²) in [5.41, 5.74) is 3.69. The smallest absolute Gasteiger partial charge is 0.243 e. The largest absolute Gasteiger partial charge is 0.497 e. The van der Waals surface area contributed by atoms with Crippen LogP contribution in [0.4, 0.5) is 0 Å². The molecule has 1 heterocycles. The van der Waals surface area contributed by atoms with E-state index < -0.39 is 10.0 Å². The lowest BCUT2D eigenvalue weighted by molar-refractivity contribution is 0.168. The van der Waals surface area contributed by atoms with Crippen molar-refractivity contribution in [1.29, 1.82) is 0 Å². The third-order valence-electron chi connectivity index (χ3n) is 6.29. The standard InChI is InChI=1S/C23H29NO3S2/c1-4-28-15-18-14-24(29(25,26)21-9-5-16(2)6-10-21)19-11-17-7-8-20(27-3)13-23(17)22(18)12-19/h5-10,13,18-19,22H,4,11-12,14-15H2,1-3H3/t18-,19-,22+/m1/s1. The Kier molecular flexibility index (Phi) is 5.96. The number of ether oxygens (including phenoxy) is 1. The average molecular weight is 432 g/mol. The first kappa shape index (κ1) is 20.8. The van der Waals surface area contributed by atoms with E-state index in [0.717, 1.165) is 35.7 Å². The van der Waals surface area contributed by atoms with Crippen molar-refractivity contribution in [3.8, 4) is 5.75 Å². The predicted octanol–water partition coefficient (Wildman–Crippen LogP) is 4.48. The molecule has 2 bridgehead atoms. The third kappa shape index (κ3) is 3.94. The quantitative estimate of drug-likeness (QED) is 0.677. The number of hydrogen-bond acceptors (Lipinski definition) is 4. The number of rotatable bonds is 6. The molecule has 2 aromatic carbocycles. The molecule has 1 aliphatic carbocycles. The normalized spacial score (nSPS) is 24.2. The number of sulfonamides is 1. The first-order valence-corrected chi connectivity index (χ1v) is 12.9. The molecule has 1 fully saturated rings. The summed E-state index contributed by atoms with van der Waals surface area (Å²) in [5.74, 6) is 3.61. The molecular formula is C23H29NO3S2. The number of hydrogen-bond donors (Lipinski definition) is 0. The molecule has 2 aromatic rings. The summed E-state index contributed by atoms with van der Waals surface area (Å²) in [7, 11) is -1.80. The van der Waals surface area contributed by atoms with Gasteiger partial charge in [0.1, 0.15) is 5.75 Å². The van der Waals surface area contributed by atoms with Crippen LogP contribution in [0.2, 0.25) is 0 Å². The molecule has 0 aromatic heterocycles. The molecule has 6 heteroatoms. The van der Waals surface area contributed by atoms with Gasteiger partial charge in [-0.1, -0.05) is 30.7 Å². The van der Waals surface area contributed by atoms with Crippen molar-refractivity contribution in [3.05, 3.63) is 59.2 Å². The minimum atomic E-state index is -3.50. The second kappa shape index (κ2) is 8.32. The zero-order valence-electron chi connectivity index (χ0n) is 17.3. The Morgan fingerprint density at radius 1 is 1.17 bits per heavy atom. The SMILES string of the molecule is CCSC[C@H]1CN(S(=O)(=O)c2ccc(C)cc2)[C@@H]2Cc3ccc(OC)cc3[C@H]1C2. The highest BCUT2D eigenvalue weighted by Gasteiger charge is 2.45. The molecule has 2 aliphatic rings. The molecule has 0 spiro atoms. The summed E-state index contributed by atoms with van der Waals surface area (Å²) in [6.07, 6.45) is 1.66. The minimum absolute atomic E-state index is 0.0232. The Morgan fingerprint density at radius 3 is 2.62 bits per heavy atom. The molecule has 0 saturated carbocycles. The van der Waals surface area contributed by atoms with Crippen molar-refractivity contribution < 1.29 is 13.2 Å². The van der Waals surface area contributed by atoms with Crippen molar-refractivity contribution in [2.45, 2.75) is 43.5 Å². The molecule has 1 saturated heterocycles. The number of nitrogens with zero attached hydrogens (tertiary/aromatic N) is 1. The van der Waals surface area contributed by atoms with Crippen LogP contribution in [0.25, 0.3) is 0 Å². The second-order valence-corrected chi connectivity index (χ2v) is 11.3. The number of methoxy groups -OCH3 is 1. The first-order valence-electron chi connectivity index (χ1n) is 10.3. The summed E-state index contributed by atoms with van der Waals surface area (Å²) < 4.78 is 34.3. The van der Waals surface area contributed by atoms with Gasteiger partial charge in [0.15, 0.2) is 0 Å². The topological polar surface area (TPSA) is 46.6 Å². The molecule has 4 rings (SSSR count). The second-order valence-electron chi connectivity index (χ2n) is 8.07. The van der Waals surface area contributed by atoms with Crippen molar-refractivity contribution in [2.75, 3.05) is 25.2 Å². The maximum atomic E-state index is 13.5. The monoisotopic (exact) mass is 431 g/mol. The Labute approximate surface area is 178 Å². The number of benzene rings is 2. The lowest BCUT2D eigenvalue weighted by Gasteiger charge is -2.47. The van der Waals surface area contributed by atoms with E-state index in [-0.39, 0.29) is 6.04 Å². The van der Waals surface area contributed by atoms with Gasteiger partial charge in [-0.05, 0) is 78.5 Å². The third-order valence-corrected chi connectivity index (χ3v) is 9.29. The molecule has 156 valence electrons. The predicted molar refractivity (Wildman–Crippen MR) is 119 cm³/mol. The zero-order chi connectivity index (χ0) is 20.6. The van der Waals surface area contributed by atoms with E-state index in [9.17, 15) is 8.42 Å². The van der Waals surface area contributed by atoms with Gasteiger partial charge < -0.3 is 4.74 Å². The first-order chi connectivity index (χ1) is 13.9. The molecular weight excluding hydrogens is 402 g/mol. The highest BCUT2D eigenvalue weighted by Crippen LogP contribution is 2.46. The van der Waals surface area contributed by atoms with Gasteiger partial charge in [0.05, 0.1) is 12.0 Å². The van der Waals surface area contributed by atoms with E-state index >= 15 is 0 Å². The Balaban J connectivity index is 1.72. The summed E-state index contributed by atoms with van der Waals surface area (Å²) in [5, 5.41) is 0. The van der Waals surface area contributed by atoms with Crippen LogP contribution in [0.5, 0.6) is 5.75 Å². The van der Waals surface area contributed by atoms with Gasteiger partial charge in [-0.25, -0.2) is 8.42 Å². The van der Waals surface area contributed by atoms with Crippen molar-refractivity contribution in [2.24, 2.45) is 5.92 Å². The fourth-order valence-corrected chi connectivity index (χ4v) is 7.31. The van der Waals surface area contributed by atoms with Crippen LogP contribution in [0.15, 0.2) is 47.4 Å². The van der Waals surface area contributed by atoms with Gasteiger partial charge in [0.25, 0.3) is 0 Å². The number of fused-ring (bicyclic) bond motifs is 4. The lowest BCUT2D eigenvalue weighted by Crippen LogP contribution is -2.52. The summed E-state index contributed by atoms with van der Waals surface area (Å²) in [6.45, 7) is 4.73. The molecule has 3 atom stereocenters. The fourth-order valence-electron chi connectivity index (χ4n) is 4.74. The number of piperidine rings is 1. The van der Waals surface area contributed by atoms with Crippen molar-refractivity contribution in [1.82, 2.24) is 4.31 Å². The van der Waals surface area contributed by atoms with Crippen LogP contribution in [0, 0.1) is 12.8 Å². The minimum Gasteiger partial charge on any atom is -0.497 e. The van der Waals surface area contributed by atoms with Crippen LogP contribution >= 0.6 is 11.8 Å². The number of thioether (sulfide) groups is 1. The van der Waals surface area contributed by atoms with E-state index in [0.29, 0.717) is 23.3 Å². The van der Waals surface area contributed by atoms with Gasteiger partial charge in [-0.3, -0.25) is 0 Å².